The van der Waals surface area contributed by atoms with Crippen molar-refractivity contribution in [2.24, 2.45) is 0 Å². The van der Waals surface area contributed by atoms with Crippen molar-refractivity contribution in [1.29, 1.82) is 0 Å². The number of nitrogens with one attached hydrogen (secondary N) is 1. The monoisotopic (exact) mass is 405 g/mol. The van der Waals surface area contributed by atoms with E-state index in [1.54, 1.807) is 7.11 Å². The SMILES string of the molecule is COc1c(C(C)(C)C)cc2cc(C)[nH]c2c1-c1cc(C(C)(C)C)cc(C(C)(C)C)c1. The van der Waals surface area contributed by atoms with Gasteiger partial charge in [-0.25, -0.2) is 0 Å². The van der Waals surface area contributed by atoms with Gasteiger partial charge >= 0.3 is 0 Å². The van der Waals surface area contributed by atoms with Gasteiger partial charge in [-0.3, -0.25) is 0 Å². The van der Waals surface area contributed by atoms with E-state index in [0.29, 0.717) is 0 Å². The molecule has 0 radical (unpaired) electrons. The van der Waals surface area contributed by atoms with E-state index in [0.717, 1.165) is 11.3 Å². The van der Waals surface area contributed by atoms with Gasteiger partial charge in [-0.1, -0.05) is 80.5 Å². The highest BCUT2D eigenvalue weighted by atomic mass is 16.5. The van der Waals surface area contributed by atoms with Crippen LogP contribution in [-0.4, -0.2) is 12.1 Å². The van der Waals surface area contributed by atoms with E-state index in [2.05, 4.69) is 105 Å². The van der Waals surface area contributed by atoms with Crippen LogP contribution in [0.15, 0.2) is 30.3 Å². The van der Waals surface area contributed by atoms with Gasteiger partial charge < -0.3 is 9.72 Å². The molecule has 0 fully saturated rings. The summed E-state index contributed by atoms with van der Waals surface area (Å²) < 4.78 is 6.11. The standard InChI is InChI=1S/C28H39NO/c1-17-12-19-15-22(28(8,9)10)25(30-11)23(24(19)29-17)18-13-20(26(2,3)4)16-21(14-18)27(5,6)7/h12-16,29H,1-11H3. The first-order valence-corrected chi connectivity index (χ1v) is 11.0. The maximum Gasteiger partial charge on any atom is 0.132 e. The maximum atomic E-state index is 6.11. The third-order valence-electron chi connectivity index (χ3n) is 5.97. The molecule has 3 rings (SSSR count). The number of aromatic amines is 1. The third kappa shape index (κ3) is 4.15. The van der Waals surface area contributed by atoms with E-state index < -0.39 is 0 Å². The zero-order chi connectivity index (χ0) is 22.6. The molecule has 0 atom stereocenters. The highest BCUT2D eigenvalue weighted by Crippen LogP contribution is 2.45. The third-order valence-corrected chi connectivity index (χ3v) is 5.97. The number of aryl methyl sites for hydroxylation is 1. The minimum absolute atomic E-state index is 0.0199. The molecule has 0 saturated carbocycles. The Balaban J connectivity index is 2.49. The largest absolute Gasteiger partial charge is 0.496 e. The highest BCUT2D eigenvalue weighted by molar-refractivity contribution is 5.99. The highest BCUT2D eigenvalue weighted by Gasteiger charge is 2.27. The molecular weight excluding hydrogens is 366 g/mol. The lowest BCUT2D eigenvalue weighted by Gasteiger charge is -2.28. The van der Waals surface area contributed by atoms with E-state index in [4.69, 9.17) is 4.74 Å². The zero-order valence-electron chi connectivity index (χ0n) is 20.8. The lowest BCUT2D eigenvalue weighted by Crippen LogP contribution is -2.17. The van der Waals surface area contributed by atoms with Crippen LogP contribution in [0.3, 0.4) is 0 Å². The molecule has 2 nitrogen and oxygen atoms in total. The molecule has 0 aliphatic rings. The van der Waals surface area contributed by atoms with E-state index in [1.165, 1.54) is 38.9 Å². The Hall–Kier alpha value is -2.22. The molecule has 1 aromatic heterocycles. The van der Waals surface area contributed by atoms with Gasteiger partial charge in [0.1, 0.15) is 5.75 Å². The Labute approximate surface area is 183 Å². The van der Waals surface area contributed by atoms with Crippen LogP contribution in [0.2, 0.25) is 0 Å². The first kappa shape index (κ1) is 22.5. The van der Waals surface area contributed by atoms with Crippen LogP contribution in [0.5, 0.6) is 5.75 Å². The van der Waals surface area contributed by atoms with E-state index in [9.17, 15) is 0 Å². The number of rotatable bonds is 2. The Kier molecular flexibility index (Phi) is 5.38. The summed E-state index contributed by atoms with van der Waals surface area (Å²) in [5, 5.41) is 1.24. The minimum Gasteiger partial charge on any atom is -0.496 e. The molecule has 0 aliphatic heterocycles. The number of fused-ring (bicyclic) bond motifs is 1. The fourth-order valence-corrected chi connectivity index (χ4v) is 4.08. The molecule has 1 heterocycles. The topological polar surface area (TPSA) is 25.0 Å². The van der Waals surface area contributed by atoms with Crippen molar-refractivity contribution in [2.45, 2.75) is 85.5 Å². The number of hydrogen-bond donors (Lipinski definition) is 1. The molecule has 0 amide bonds. The van der Waals surface area contributed by atoms with Crippen molar-refractivity contribution < 1.29 is 4.74 Å². The predicted molar refractivity (Wildman–Crippen MR) is 131 cm³/mol. The average Bonchev–Trinajstić information content (AvgIpc) is 2.97. The zero-order valence-corrected chi connectivity index (χ0v) is 20.8. The molecule has 1 N–H and O–H groups in total. The number of aromatic nitrogens is 1. The second kappa shape index (κ2) is 7.18. The first-order chi connectivity index (χ1) is 13.6. The van der Waals surface area contributed by atoms with Gasteiger partial charge in [0.25, 0.3) is 0 Å². The van der Waals surface area contributed by atoms with Crippen molar-refractivity contribution in [3.8, 4) is 16.9 Å². The summed E-state index contributed by atoms with van der Waals surface area (Å²) in [6, 6.07) is 11.6. The molecule has 2 aromatic carbocycles. The maximum absolute atomic E-state index is 6.11. The Bertz CT molecular complexity index is 1050. The Morgan fingerprint density at radius 3 is 1.67 bits per heavy atom. The second-order valence-electron chi connectivity index (χ2n) is 11.8. The molecule has 162 valence electrons. The quantitative estimate of drug-likeness (QED) is 0.458. The van der Waals surface area contributed by atoms with Gasteiger partial charge in [0.15, 0.2) is 0 Å². The van der Waals surface area contributed by atoms with E-state index in [1.807, 2.05) is 0 Å². The first-order valence-electron chi connectivity index (χ1n) is 11.0. The van der Waals surface area contributed by atoms with Gasteiger partial charge in [-0.2, -0.15) is 0 Å². The van der Waals surface area contributed by atoms with Crippen LogP contribution in [0, 0.1) is 6.92 Å². The van der Waals surface area contributed by atoms with Crippen molar-refractivity contribution in [2.75, 3.05) is 7.11 Å². The number of methoxy groups -OCH3 is 1. The molecule has 0 spiro atoms. The molecule has 0 unspecified atom stereocenters. The van der Waals surface area contributed by atoms with Gasteiger partial charge in [0.05, 0.1) is 12.6 Å². The summed E-state index contributed by atoms with van der Waals surface area (Å²) in [5.41, 5.74) is 8.77. The smallest absolute Gasteiger partial charge is 0.132 e. The van der Waals surface area contributed by atoms with Crippen molar-refractivity contribution in [3.63, 3.8) is 0 Å². The molecule has 0 bridgehead atoms. The number of H-pyrrole nitrogens is 1. The normalized spacial score (nSPS) is 13.2. The Morgan fingerprint density at radius 1 is 0.700 bits per heavy atom. The molecule has 2 heteroatoms. The second-order valence-corrected chi connectivity index (χ2v) is 11.8. The average molecular weight is 406 g/mol. The molecule has 0 saturated heterocycles. The lowest BCUT2D eigenvalue weighted by molar-refractivity contribution is 0.400. The van der Waals surface area contributed by atoms with Gasteiger partial charge in [-0.05, 0) is 52.0 Å². The van der Waals surface area contributed by atoms with Crippen LogP contribution in [0.1, 0.15) is 84.7 Å². The predicted octanol–water partition coefficient (Wildman–Crippen LogP) is 8.04. The summed E-state index contributed by atoms with van der Waals surface area (Å²) in [6.45, 7) is 22.6. The van der Waals surface area contributed by atoms with E-state index >= 15 is 0 Å². The number of ether oxygens (including phenoxy) is 1. The van der Waals surface area contributed by atoms with Crippen molar-refractivity contribution >= 4 is 10.9 Å². The van der Waals surface area contributed by atoms with Crippen LogP contribution in [-0.2, 0) is 16.2 Å². The molecule has 30 heavy (non-hydrogen) atoms. The Morgan fingerprint density at radius 2 is 1.23 bits per heavy atom. The summed E-state index contributed by atoms with van der Waals surface area (Å²) >= 11 is 0. The van der Waals surface area contributed by atoms with Crippen LogP contribution in [0.25, 0.3) is 22.0 Å². The van der Waals surface area contributed by atoms with E-state index in [-0.39, 0.29) is 16.2 Å². The fraction of sp³-hybridized carbons (Fsp3) is 0.500. The van der Waals surface area contributed by atoms with Gasteiger partial charge in [0.2, 0.25) is 0 Å². The number of hydrogen-bond acceptors (Lipinski definition) is 1. The molecule has 3 aromatic rings. The minimum atomic E-state index is -0.0199. The van der Waals surface area contributed by atoms with Crippen LogP contribution < -0.4 is 4.74 Å². The molecular formula is C28H39NO. The van der Waals surface area contributed by atoms with Crippen molar-refractivity contribution in [3.05, 3.63) is 52.7 Å². The summed E-state index contributed by atoms with van der Waals surface area (Å²) in [4.78, 5) is 3.62. The van der Waals surface area contributed by atoms with Crippen LogP contribution >= 0.6 is 0 Å². The van der Waals surface area contributed by atoms with Gasteiger partial charge in [-0.15, -0.1) is 0 Å². The van der Waals surface area contributed by atoms with Crippen LogP contribution in [0.4, 0.5) is 0 Å². The summed E-state index contributed by atoms with van der Waals surface area (Å²) in [6.07, 6.45) is 0. The molecule has 0 aliphatic carbocycles. The number of benzene rings is 2. The summed E-state index contributed by atoms with van der Waals surface area (Å²) in [5.74, 6) is 0.975. The summed E-state index contributed by atoms with van der Waals surface area (Å²) in [7, 11) is 1.80. The van der Waals surface area contributed by atoms with Gasteiger partial charge in [0, 0.05) is 22.2 Å². The fourth-order valence-electron chi connectivity index (χ4n) is 4.08. The van der Waals surface area contributed by atoms with Crippen molar-refractivity contribution in [1.82, 2.24) is 4.98 Å². The lowest BCUT2D eigenvalue weighted by atomic mass is 9.77.